The van der Waals surface area contributed by atoms with E-state index in [4.69, 9.17) is 15.2 Å². The lowest BCUT2D eigenvalue weighted by Gasteiger charge is -2.24. The molecule has 0 spiro atoms. The van der Waals surface area contributed by atoms with E-state index in [2.05, 4.69) is 22.3 Å². The number of aliphatic imine (C=N–C) groups is 1. The van der Waals surface area contributed by atoms with Crippen molar-refractivity contribution in [1.82, 2.24) is 10.2 Å². The minimum Gasteiger partial charge on any atom is -0.493 e. The molecule has 25 heavy (non-hydrogen) atoms. The highest BCUT2D eigenvalue weighted by Crippen LogP contribution is 2.27. The number of nitrogens with one attached hydrogen (secondary N) is 1. The van der Waals surface area contributed by atoms with Gasteiger partial charge in [-0.1, -0.05) is 18.9 Å². The summed E-state index contributed by atoms with van der Waals surface area (Å²) in [5, 5.41) is 3.19. The minimum absolute atomic E-state index is 0. The number of halogens is 1. The van der Waals surface area contributed by atoms with E-state index in [1.807, 2.05) is 18.2 Å². The van der Waals surface area contributed by atoms with Crippen molar-refractivity contribution in [3.63, 3.8) is 0 Å². The molecule has 0 radical (unpaired) electrons. The third kappa shape index (κ3) is 6.89. The Morgan fingerprint density at radius 2 is 1.92 bits per heavy atom. The number of hydrogen-bond donors (Lipinski definition) is 2. The number of nitrogens with zero attached hydrogens (tertiary/aromatic N) is 2. The zero-order valence-electron chi connectivity index (χ0n) is 15.5. The van der Waals surface area contributed by atoms with Gasteiger partial charge < -0.3 is 25.4 Å². The highest BCUT2D eigenvalue weighted by molar-refractivity contribution is 14.0. The van der Waals surface area contributed by atoms with Crippen LogP contribution in [0.2, 0.25) is 0 Å². The Morgan fingerprint density at radius 1 is 1.24 bits per heavy atom. The lowest BCUT2D eigenvalue weighted by atomic mass is 10.2. The van der Waals surface area contributed by atoms with Crippen LogP contribution in [0.4, 0.5) is 0 Å². The van der Waals surface area contributed by atoms with Gasteiger partial charge in [0.2, 0.25) is 0 Å². The fourth-order valence-electron chi connectivity index (χ4n) is 3.10. The molecule has 1 aromatic carbocycles. The summed E-state index contributed by atoms with van der Waals surface area (Å²) in [5.74, 6) is 1.89. The molecule has 0 amide bonds. The molecule has 1 aliphatic carbocycles. The van der Waals surface area contributed by atoms with Crippen molar-refractivity contribution in [2.45, 2.75) is 38.3 Å². The molecule has 1 aliphatic rings. The molecular formula is C18H31IN4O2. The molecule has 0 unspecified atom stereocenters. The quantitative estimate of drug-likeness (QED) is 0.353. The molecule has 142 valence electrons. The van der Waals surface area contributed by atoms with Gasteiger partial charge >= 0.3 is 0 Å². The van der Waals surface area contributed by atoms with Crippen molar-refractivity contribution in [2.24, 2.45) is 10.7 Å². The van der Waals surface area contributed by atoms with Gasteiger partial charge in [0, 0.05) is 19.1 Å². The number of guanidine groups is 1. The molecule has 6 nitrogen and oxygen atoms in total. The summed E-state index contributed by atoms with van der Waals surface area (Å²) in [6.07, 6.45) is 5.35. The number of likely N-dealkylation sites (N-methyl/N-ethyl adjacent to an activating group) is 1. The molecule has 3 N–H and O–H groups in total. The highest BCUT2D eigenvalue weighted by Gasteiger charge is 2.18. The Labute approximate surface area is 168 Å². The fraction of sp³-hybridized carbons (Fsp3) is 0.611. The van der Waals surface area contributed by atoms with Gasteiger partial charge in [0.1, 0.15) is 0 Å². The first kappa shape index (κ1) is 21.8. The van der Waals surface area contributed by atoms with E-state index in [0.717, 1.165) is 24.7 Å². The van der Waals surface area contributed by atoms with Crippen molar-refractivity contribution >= 4 is 29.9 Å². The largest absolute Gasteiger partial charge is 0.493 e. The van der Waals surface area contributed by atoms with Crippen LogP contribution in [0.3, 0.4) is 0 Å². The second-order valence-electron chi connectivity index (χ2n) is 6.24. The average molecular weight is 462 g/mol. The van der Waals surface area contributed by atoms with Crippen LogP contribution in [-0.4, -0.2) is 51.3 Å². The smallest absolute Gasteiger partial charge is 0.188 e. The Morgan fingerprint density at radius 3 is 2.56 bits per heavy atom. The summed E-state index contributed by atoms with van der Waals surface area (Å²) in [4.78, 5) is 6.81. The van der Waals surface area contributed by atoms with Crippen LogP contribution in [0.1, 0.15) is 31.2 Å². The van der Waals surface area contributed by atoms with Crippen LogP contribution >= 0.6 is 24.0 Å². The Kier molecular flexibility index (Phi) is 9.96. The van der Waals surface area contributed by atoms with Gasteiger partial charge in [-0.2, -0.15) is 0 Å². The molecule has 0 atom stereocenters. The van der Waals surface area contributed by atoms with Crippen LogP contribution in [0.15, 0.2) is 23.2 Å². The molecule has 0 heterocycles. The first-order valence-electron chi connectivity index (χ1n) is 8.59. The van der Waals surface area contributed by atoms with E-state index >= 15 is 0 Å². The van der Waals surface area contributed by atoms with Crippen molar-refractivity contribution in [2.75, 3.05) is 34.4 Å². The second kappa shape index (κ2) is 11.4. The number of ether oxygens (including phenoxy) is 2. The average Bonchev–Trinajstić information content (AvgIpc) is 3.14. The van der Waals surface area contributed by atoms with Crippen LogP contribution in [0, 0.1) is 0 Å². The van der Waals surface area contributed by atoms with Crippen molar-refractivity contribution in [3.8, 4) is 11.5 Å². The van der Waals surface area contributed by atoms with Gasteiger partial charge in [-0.3, -0.25) is 0 Å². The van der Waals surface area contributed by atoms with E-state index in [9.17, 15) is 0 Å². The van der Waals surface area contributed by atoms with E-state index < -0.39 is 0 Å². The molecule has 1 fully saturated rings. The molecule has 0 bridgehead atoms. The molecule has 1 saturated carbocycles. The predicted molar refractivity (Wildman–Crippen MR) is 113 cm³/mol. The van der Waals surface area contributed by atoms with Gasteiger partial charge in [-0.15, -0.1) is 24.0 Å². The summed E-state index contributed by atoms with van der Waals surface area (Å²) in [6.45, 7) is 2.31. The maximum atomic E-state index is 5.95. The van der Waals surface area contributed by atoms with E-state index in [1.165, 1.54) is 25.7 Å². The van der Waals surface area contributed by atoms with Crippen molar-refractivity contribution in [1.29, 1.82) is 0 Å². The van der Waals surface area contributed by atoms with Crippen LogP contribution < -0.4 is 20.5 Å². The topological polar surface area (TPSA) is 72.1 Å². The van der Waals surface area contributed by atoms with Crippen LogP contribution in [0.5, 0.6) is 11.5 Å². The van der Waals surface area contributed by atoms with Crippen LogP contribution in [-0.2, 0) is 6.54 Å². The first-order valence-corrected chi connectivity index (χ1v) is 8.59. The Bertz CT molecular complexity index is 548. The van der Waals surface area contributed by atoms with Gasteiger partial charge in [-0.05, 0) is 37.6 Å². The molecule has 1 aromatic rings. The van der Waals surface area contributed by atoms with E-state index in [1.54, 1.807) is 14.2 Å². The van der Waals surface area contributed by atoms with E-state index in [-0.39, 0.29) is 24.0 Å². The molecule has 2 rings (SSSR count). The zero-order chi connectivity index (χ0) is 17.4. The Balaban J connectivity index is 0.00000312. The summed E-state index contributed by atoms with van der Waals surface area (Å²) in [6, 6.07) is 6.50. The third-order valence-electron chi connectivity index (χ3n) is 4.60. The predicted octanol–water partition coefficient (Wildman–Crippen LogP) is 2.60. The number of hydrogen-bond acceptors (Lipinski definition) is 4. The monoisotopic (exact) mass is 462 g/mol. The minimum atomic E-state index is 0. The fourth-order valence-corrected chi connectivity index (χ4v) is 3.10. The van der Waals surface area contributed by atoms with Gasteiger partial charge in [0.05, 0.1) is 20.8 Å². The maximum Gasteiger partial charge on any atom is 0.188 e. The summed E-state index contributed by atoms with van der Waals surface area (Å²) < 4.78 is 10.5. The highest BCUT2D eigenvalue weighted by atomic mass is 127. The number of benzene rings is 1. The Hall–Kier alpha value is -1.22. The molecular weight excluding hydrogens is 431 g/mol. The SMILES string of the molecule is COc1ccc(CN=C(N)NCCN(C)C2CCCC2)cc1OC.I. The molecule has 0 aliphatic heterocycles. The first-order chi connectivity index (χ1) is 11.6. The van der Waals surface area contributed by atoms with Gasteiger partial charge in [0.15, 0.2) is 17.5 Å². The molecule has 0 saturated heterocycles. The van der Waals surface area contributed by atoms with Gasteiger partial charge in [-0.25, -0.2) is 4.99 Å². The van der Waals surface area contributed by atoms with Gasteiger partial charge in [0.25, 0.3) is 0 Å². The van der Waals surface area contributed by atoms with E-state index in [0.29, 0.717) is 24.0 Å². The summed E-state index contributed by atoms with van der Waals surface area (Å²) >= 11 is 0. The van der Waals surface area contributed by atoms with Crippen LogP contribution in [0.25, 0.3) is 0 Å². The lowest BCUT2D eigenvalue weighted by molar-refractivity contribution is 0.249. The number of methoxy groups -OCH3 is 2. The summed E-state index contributed by atoms with van der Waals surface area (Å²) in [7, 11) is 5.44. The lowest BCUT2D eigenvalue weighted by Crippen LogP contribution is -2.40. The zero-order valence-corrected chi connectivity index (χ0v) is 17.8. The maximum absolute atomic E-state index is 5.95. The number of rotatable bonds is 8. The standard InChI is InChI=1S/C18H30N4O2.HI/c1-22(15-6-4-5-7-15)11-10-20-18(19)21-13-14-8-9-16(23-2)17(12-14)24-3;/h8-9,12,15H,4-7,10-11,13H2,1-3H3,(H3,19,20,21);1H. The molecule has 0 aromatic heterocycles. The second-order valence-corrected chi connectivity index (χ2v) is 6.24. The third-order valence-corrected chi connectivity index (χ3v) is 4.60. The number of nitrogens with two attached hydrogens (primary N) is 1. The van der Waals surface area contributed by atoms with Crippen molar-refractivity contribution < 1.29 is 9.47 Å². The molecule has 7 heteroatoms. The van der Waals surface area contributed by atoms with Crippen molar-refractivity contribution in [3.05, 3.63) is 23.8 Å². The summed E-state index contributed by atoms with van der Waals surface area (Å²) in [5.41, 5.74) is 6.98. The normalized spacial score (nSPS) is 15.1.